The number of rotatable bonds is 7. The van der Waals surface area contributed by atoms with Crippen LogP contribution >= 0.6 is 0 Å². The molecule has 0 saturated carbocycles. The van der Waals surface area contributed by atoms with E-state index in [1.807, 2.05) is 42.5 Å². The Morgan fingerprint density at radius 2 is 0.963 bits per heavy atom. The van der Waals surface area contributed by atoms with Crippen LogP contribution in [0.1, 0.15) is 76.7 Å². The Balaban J connectivity index is 1.09. The lowest BCUT2D eigenvalue weighted by Gasteiger charge is -2.52. The van der Waals surface area contributed by atoms with Crippen molar-refractivity contribution in [3.63, 3.8) is 0 Å². The number of hydrogen-bond donors (Lipinski definition) is 0. The third-order valence-corrected chi connectivity index (χ3v) is 9.47. The third-order valence-electron chi connectivity index (χ3n) is 9.47. The first-order valence-electron chi connectivity index (χ1n) is 19.4. The molecule has 54 heavy (non-hydrogen) atoms. The molecular formula is C43H61NO10. The summed E-state index contributed by atoms with van der Waals surface area (Å²) in [5.74, 6) is 2.61. The highest BCUT2D eigenvalue weighted by molar-refractivity contribution is 5.43. The Labute approximate surface area is 322 Å². The van der Waals surface area contributed by atoms with Gasteiger partial charge >= 0.3 is 0 Å². The van der Waals surface area contributed by atoms with E-state index in [2.05, 4.69) is 63.9 Å². The zero-order valence-electron chi connectivity index (χ0n) is 33.0. The van der Waals surface area contributed by atoms with Crippen LogP contribution in [0.2, 0.25) is 0 Å². The van der Waals surface area contributed by atoms with Gasteiger partial charge in [0.1, 0.15) is 32.5 Å². The second kappa shape index (κ2) is 21.6. The second-order valence-corrected chi connectivity index (χ2v) is 14.8. The van der Waals surface area contributed by atoms with Gasteiger partial charge in [0.25, 0.3) is 0 Å². The SMILES string of the molecule is CC(ON1C(C)(C)CCCC1(C)C)c1ccc(COCc2ccc3c(c2)OCCOCCOCCOc2ccccc2OCCOCCOCCO3)cc1. The predicted octanol–water partition coefficient (Wildman–Crippen LogP) is 7.73. The average molecular weight is 752 g/mol. The quantitative estimate of drug-likeness (QED) is 0.237. The minimum Gasteiger partial charge on any atom is -0.487 e. The number of hydroxylamine groups is 2. The van der Waals surface area contributed by atoms with Gasteiger partial charge in [0.05, 0.1) is 66.1 Å². The fraction of sp³-hybridized carbons (Fsp3) is 0.581. The molecule has 1 fully saturated rings. The highest BCUT2D eigenvalue weighted by Gasteiger charge is 2.43. The summed E-state index contributed by atoms with van der Waals surface area (Å²) in [5, 5.41) is 2.23. The number of nitrogens with zero attached hydrogens (tertiary/aromatic N) is 1. The molecule has 5 rings (SSSR count). The second-order valence-electron chi connectivity index (χ2n) is 14.8. The Morgan fingerprint density at radius 1 is 0.537 bits per heavy atom. The summed E-state index contributed by atoms with van der Waals surface area (Å²) in [6, 6.07) is 22.0. The number of ether oxygens (including phenoxy) is 9. The molecule has 0 amide bonds. The maximum absolute atomic E-state index is 6.59. The summed E-state index contributed by atoms with van der Waals surface area (Å²) in [6.45, 7) is 17.1. The lowest BCUT2D eigenvalue weighted by atomic mass is 9.82. The molecule has 0 aliphatic carbocycles. The summed E-state index contributed by atoms with van der Waals surface area (Å²) in [7, 11) is 0. The number of piperidine rings is 1. The largest absolute Gasteiger partial charge is 0.487 e. The molecule has 3 aromatic carbocycles. The van der Waals surface area contributed by atoms with Crippen molar-refractivity contribution in [3.8, 4) is 23.0 Å². The van der Waals surface area contributed by atoms with E-state index in [1.54, 1.807) is 0 Å². The lowest BCUT2D eigenvalue weighted by molar-refractivity contribution is -0.304. The van der Waals surface area contributed by atoms with Crippen LogP contribution in [-0.4, -0.2) is 95.4 Å². The van der Waals surface area contributed by atoms with Crippen LogP contribution in [0.15, 0.2) is 66.7 Å². The van der Waals surface area contributed by atoms with Crippen molar-refractivity contribution in [1.82, 2.24) is 5.06 Å². The van der Waals surface area contributed by atoms with Crippen LogP contribution in [-0.2, 0) is 41.7 Å². The van der Waals surface area contributed by atoms with Crippen LogP contribution in [0, 0.1) is 0 Å². The van der Waals surface area contributed by atoms with E-state index in [4.69, 9.17) is 47.5 Å². The number of fused-ring (bicyclic) bond motifs is 2. The number of para-hydroxylation sites is 2. The highest BCUT2D eigenvalue weighted by Crippen LogP contribution is 2.40. The summed E-state index contributed by atoms with van der Waals surface area (Å²) in [5.41, 5.74) is 3.22. The van der Waals surface area contributed by atoms with E-state index in [1.165, 1.54) is 6.42 Å². The standard InChI is InChI=1S/C43H61NO10/c1-34(54-44-42(2,3)17-8-18-43(44,4)5)37-14-11-35(12-15-37)32-49-33-36-13-16-40-41(31-36)53-30-26-48-22-21-46-24-28-51-39-10-7-6-9-38(39)50-27-23-45-19-20-47-25-29-52-40/h6-7,9-16,31,34H,8,17-30,32-33H2,1-5H3. The summed E-state index contributed by atoms with van der Waals surface area (Å²) in [6.07, 6.45) is 3.42. The van der Waals surface area contributed by atoms with Gasteiger partial charge in [-0.2, -0.15) is 5.06 Å². The minimum absolute atomic E-state index is 0.00256. The number of benzene rings is 3. The van der Waals surface area contributed by atoms with Gasteiger partial charge in [-0.1, -0.05) is 42.5 Å². The topological polar surface area (TPSA) is 95.5 Å². The van der Waals surface area contributed by atoms with Gasteiger partial charge in [-0.25, -0.2) is 0 Å². The zero-order valence-corrected chi connectivity index (χ0v) is 33.0. The van der Waals surface area contributed by atoms with Crippen molar-refractivity contribution in [1.29, 1.82) is 0 Å². The fourth-order valence-corrected chi connectivity index (χ4v) is 6.70. The van der Waals surface area contributed by atoms with Crippen LogP contribution in [0.4, 0.5) is 0 Å². The Bertz CT molecular complexity index is 1500. The molecule has 1 unspecified atom stereocenters. The van der Waals surface area contributed by atoms with E-state index in [0.717, 1.165) is 29.5 Å². The normalized spacial score (nSPS) is 20.3. The molecule has 2 aliphatic rings. The van der Waals surface area contributed by atoms with Crippen molar-refractivity contribution < 1.29 is 47.5 Å². The molecule has 3 aromatic rings. The monoisotopic (exact) mass is 751 g/mol. The van der Waals surface area contributed by atoms with Gasteiger partial charge < -0.3 is 42.6 Å². The molecule has 0 aromatic heterocycles. The van der Waals surface area contributed by atoms with Crippen molar-refractivity contribution in [2.24, 2.45) is 0 Å². The van der Waals surface area contributed by atoms with Crippen molar-refractivity contribution in [2.45, 2.75) is 84.3 Å². The molecule has 0 bridgehead atoms. The summed E-state index contributed by atoms with van der Waals surface area (Å²) < 4.78 is 52.8. The minimum atomic E-state index is -0.0523. The zero-order chi connectivity index (χ0) is 38.1. The fourth-order valence-electron chi connectivity index (χ4n) is 6.70. The number of hydrogen-bond acceptors (Lipinski definition) is 11. The van der Waals surface area contributed by atoms with Crippen molar-refractivity contribution >= 4 is 0 Å². The van der Waals surface area contributed by atoms with Gasteiger partial charge in [0, 0.05) is 11.1 Å². The molecule has 0 spiro atoms. The average Bonchev–Trinajstić information content (AvgIpc) is 3.15. The van der Waals surface area contributed by atoms with Gasteiger partial charge in [-0.3, -0.25) is 4.84 Å². The van der Waals surface area contributed by atoms with E-state index in [-0.39, 0.29) is 17.2 Å². The van der Waals surface area contributed by atoms with Crippen LogP contribution in [0.25, 0.3) is 0 Å². The Kier molecular flexibility index (Phi) is 16.7. The maximum atomic E-state index is 6.59. The maximum Gasteiger partial charge on any atom is 0.161 e. The molecule has 11 heteroatoms. The molecule has 298 valence electrons. The summed E-state index contributed by atoms with van der Waals surface area (Å²) >= 11 is 0. The van der Waals surface area contributed by atoms with E-state index >= 15 is 0 Å². The third kappa shape index (κ3) is 13.4. The van der Waals surface area contributed by atoms with Crippen LogP contribution < -0.4 is 18.9 Å². The van der Waals surface area contributed by atoms with Gasteiger partial charge in [-0.05, 0) is 94.8 Å². The highest BCUT2D eigenvalue weighted by atomic mass is 16.7. The van der Waals surface area contributed by atoms with Crippen molar-refractivity contribution in [2.75, 3.05) is 79.3 Å². The smallest absolute Gasteiger partial charge is 0.161 e. The lowest BCUT2D eigenvalue weighted by Crippen LogP contribution is -2.58. The van der Waals surface area contributed by atoms with Gasteiger partial charge in [0.2, 0.25) is 0 Å². The van der Waals surface area contributed by atoms with Gasteiger partial charge in [0.15, 0.2) is 23.0 Å². The predicted molar refractivity (Wildman–Crippen MR) is 206 cm³/mol. The molecule has 1 atom stereocenters. The molecular weight excluding hydrogens is 690 g/mol. The molecule has 0 N–H and O–H groups in total. The Morgan fingerprint density at radius 3 is 1.48 bits per heavy atom. The van der Waals surface area contributed by atoms with E-state index in [9.17, 15) is 0 Å². The van der Waals surface area contributed by atoms with Crippen LogP contribution in [0.5, 0.6) is 23.0 Å². The van der Waals surface area contributed by atoms with Crippen molar-refractivity contribution in [3.05, 3.63) is 83.4 Å². The molecule has 1 saturated heterocycles. The molecule has 0 radical (unpaired) electrons. The molecule has 2 aliphatic heterocycles. The van der Waals surface area contributed by atoms with Gasteiger partial charge in [-0.15, -0.1) is 0 Å². The first-order valence-corrected chi connectivity index (χ1v) is 19.4. The van der Waals surface area contributed by atoms with E-state index in [0.29, 0.717) is 115 Å². The molecule has 2 heterocycles. The summed E-state index contributed by atoms with van der Waals surface area (Å²) in [4.78, 5) is 6.59. The van der Waals surface area contributed by atoms with E-state index < -0.39 is 0 Å². The van der Waals surface area contributed by atoms with Crippen LogP contribution in [0.3, 0.4) is 0 Å². The first-order chi connectivity index (χ1) is 26.2. The molecule has 11 nitrogen and oxygen atoms in total. The first kappa shape index (κ1) is 41.7. The Hall–Kier alpha value is -3.42.